The Bertz CT molecular complexity index is 386. The van der Waals surface area contributed by atoms with Crippen LogP contribution in [-0.2, 0) is 29.5 Å². The van der Waals surface area contributed by atoms with Gasteiger partial charge in [0.2, 0.25) is 0 Å². The van der Waals surface area contributed by atoms with Crippen LogP contribution in [0.4, 0.5) is 0 Å². The summed E-state index contributed by atoms with van der Waals surface area (Å²) in [6.45, 7) is 6.47. The lowest BCUT2D eigenvalue weighted by Crippen LogP contribution is -2.19. The molecule has 1 unspecified atom stereocenters. The van der Waals surface area contributed by atoms with Crippen molar-refractivity contribution in [3.05, 3.63) is 17.5 Å². The molecule has 114 valence electrons. The summed E-state index contributed by atoms with van der Waals surface area (Å²) in [5, 5.41) is 7.89. The summed E-state index contributed by atoms with van der Waals surface area (Å²) >= 11 is 0. The van der Waals surface area contributed by atoms with Crippen molar-refractivity contribution >= 4 is 0 Å². The van der Waals surface area contributed by atoms with Crippen molar-refractivity contribution in [2.45, 2.75) is 45.3 Å². The first-order chi connectivity index (χ1) is 9.79. The van der Waals surface area contributed by atoms with Crippen molar-refractivity contribution in [3.8, 4) is 0 Å². The highest BCUT2D eigenvalue weighted by Gasteiger charge is 2.14. The van der Waals surface area contributed by atoms with Gasteiger partial charge in [-0.1, -0.05) is 6.92 Å². The van der Waals surface area contributed by atoms with Gasteiger partial charge in [0, 0.05) is 38.6 Å². The number of nitrogens with zero attached hydrogens (tertiary/aromatic N) is 2. The molecule has 2 rings (SSSR count). The topological polar surface area (TPSA) is 48.3 Å². The van der Waals surface area contributed by atoms with E-state index >= 15 is 0 Å². The Morgan fingerprint density at radius 2 is 2.45 bits per heavy atom. The van der Waals surface area contributed by atoms with Crippen LogP contribution in [0.15, 0.2) is 6.20 Å². The van der Waals surface area contributed by atoms with Gasteiger partial charge in [0.05, 0.1) is 18.4 Å². The molecule has 0 aliphatic carbocycles. The third-order valence-electron chi connectivity index (χ3n) is 3.61. The van der Waals surface area contributed by atoms with Crippen LogP contribution in [0, 0.1) is 0 Å². The molecule has 0 aromatic carbocycles. The Hall–Kier alpha value is -0.910. The van der Waals surface area contributed by atoms with Gasteiger partial charge in [-0.2, -0.15) is 5.10 Å². The average molecular weight is 281 g/mol. The van der Waals surface area contributed by atoms with Crippen molar-refractivity contribution < 1.29 is 9.47 Å². The summed E-state index contributed by atoms with van der Waals surface area (Å²) in [5.74, 6) is 0. The second-order valence-corrected chi connectivity index (χ2v) is 5.37. The minimum atomic E-state index is 0.338. The van der Waals surface area contributed by atoms with E-state index in [2.05, 4.69) is 23.5 Å². The molecule has 20 heavy (non-hydrogen) atoms. The van der Waals surface area contributed by atoms with Gasteiger partial charge in [-0.05, 0) is 32.2 Å². The van der Waals surface area contributed by atoms with Crippen molar-refractivity contribution in [1.82, 2.24) is 15.1 Å². The van der Waals surface area contributed by atoms with Crippen molar-refractivity contribution in [2.75, 3.05) is 26.4 Å². The van der Waals surface area contributed by atoms with E-state index in [1.54, 1.807) is 0 Å². The van der Waals surface area contributed by atoms with Gasteiger partial charge in [0.1, 0.15) is 0 Å². The normalized spacial score (nSPS) is 18.8. The molecule has 1 aromatic heterocycles. The third kappa shape index (κ3) is 4.89. The van der Waals surface area contributed by atoms with Crippen LogP contribution in [-0.4, -0.2) is 42.2 Å². The van der Waals surface area contributed by atoms with E-state index in [0.29, 0.717) is 6.10 Å². The lowest BCUT2D eigenvalue weighted by Gasteiger charge is -2.10. The number of rotatable bonds is 9. The van der Waals surface area contributed by atoms with Gasteiger partial charge in [-0.25, -0.2) is 0 Å². The van der Waals surface area contributed by atoms with Gasteiger partial charge in [0.25, 0.3) is 0 Å². The molecule has 1 aromatic rings. The molecule has 0 bridgehead atoms. The van der Waals surface area contributed by atoms with Crippen molar-refractivity contribution in [2.24, 2.45) is 7.05 Å². The van der Waals surface area contributed by atoms with Crippen LogP contribution in [0.25, 0.3) is 0 Å². The Labute approximate surface area is 121 Å². The molecular formula is C15H27N3O2. The summed E-state index contributed by atoms with van der Waals surface area (Å²) in [4.78, 5) is 0. The van der Waals surface area contributed by atoms with Crippen molar-refractivity contribution in [3.63, 3.8) is 0 Å². The fourth-order valence-electron chi connectivity index (χ4n) is 2.54. The Balaban J connectivity index is 1.50. The molecule has 1 fully saturated rings. The quantitative estimate of drug-likeness (QED) is 0.699. The van der Waals surface area contributed by atoms with Crippen LogP contribution < -0.4 is 5.32 Å². The molecule has 0 saturated carbocycles. The lowest BCUT2D eigenvalue weighted by atomic mass is 10.2. The second-order valence-electron chi connectivity index (χ2n) is 5.37. The van der Waals surface area contributed by atoms with Gasteiger partial charge in [-0.3, -0.25) is 4.68 Å². The molecule has 0 amide bonds. The summed E-state index contributed by atoms with van der Waals surface area (Å²) in [6, 6.07) is 0. The number of nitrogens with one attached hydrogen (secondary N) is 1. The van der Waals surface area contributed by atoms with E-state index in [1.165, 1.54) is 17.7 Å². The number of aromatic nitrogens is 2. The van der Waals surface area contributed by atoms with Crippen LogP contribution >= 0.6 is 0 Å². The maximum absolute atomic E-state index is 5.64. The van der Waals surface area contributed by atoms with Gasteiger partial charge >= 0.3 is 0 Å². The Morgan fingerprint density at radius 3 is 3.20 bits per heavy atom. The van der Waals surface area contributed by atoms with Crippen LogP contribution in [0.1, 0.15) is 37.4 Å². The number of aryl methyl sites for hydroxylation is 2. The van der Waals surface area contributed by atoms with Crippen LogP contribution in [0.3, 0.4) is 0 Å². The zero-order valence-corrected chi connectivity index (χ0v) is 12.7. The summed E-state index contributed by atoms with van der Waals surface area (Å²) in [7, 11) is 1.97. The van der Waals surface area contributed by atoms with Gasteiger partial charge in [-0.15, -0.1) is 0 Å². The fraction of sp³-hybridized carbons (Fsp3) is 0.800. The predicted octanol–water partition coefficient (Wildman–Crippen LogP) is 1.66. The van der Waals surface area contributed by atoms with Crippen molar-refractivity contribution in [1.29, 1.82) is 0 Å². The van der Waals surface area contributed by atoms with Gasteiger partial charge in [0.15, 0.2) is 0 Å². The largest absolute Gasteiger partial charge is 0.379 e. The zero-order chi connectivity index (χ0) is 14.2. The maximum atomic E-state index is 5.64. The monoisotopic (exact) mass is 281 g/mol. The molecule has 2 heterocycles. The molecule has 0 radical (unpaired) electrons. The minimum absolute atomic E-state index is 0.338. The zero-order valence-electron chi connectivity index (χ0n) is 12.7. The molecule has 5 nitrogen and oxygen atoms in total. The van der Waals surface area contributed by atoms with Crippen LogP contribution in [0.5, 0.6) is 0 Å². The number of ether oxygens (including phenoxy) is 2. The van der Waals surface area contributed by atoms with E-state index in [1.807, 2.05) is 11.7 Å². The highest BCUT2D eigenvalue weighted by Crippen LogP contribution is 2.11. The second kappa shape index (κ2) is 8.39. The van der Waals surface area contributed by atoms with E-state index < -0.39 is 0 Å². The first-order valence-electron chi connectivity index (χ1n) is 7.71. The molecule has 1 aliphatic heterocycles. The number of hydrogen-bond donors (Lipinski definition) is 1. The van der Waals surface area contributed by atoms with Gasteiger partial charge < -0.3 is 14.8 Å². The van der Waals surface area contributed by atoms with E-state index in [9.17, 15) is 0 Å². The third-order valence-corrected chi connectivity index (χ3v) is 3.61. The first-order valence-corrected chi connectivity index (χ1v) is 7.71. The predicted molar refractivity (Wildman–Crippen MR) is 78.7 cm³/mol. The standard InChI is InChI=1S/C15H27N3O2/c1-3-15-13(11-18(2)17-15)10-16-7-5-8-19-12-14-6-4-9-20-14/h11,14,16H,3-10,12H2,1-2H3. The highest BCUT2D eigenvalue weighted by atomic mass is 16.5. The SMILES string of the molecule is CCc1nn(C)cc1CNCCCOCC1CCCO1. The average Bonchev–Trinajstić information content (AvgIpc) is 3.07. The summed E-state index contributed by atoms with van der Waals surface area (Å²) in [5.41, 5.74) is 2.49. The molecule has 5 heteroatoms. The highest BCUT2D eigenvalue weighted by molar-refractivity contribution is 5.16. The summed E-state index contributed by atoms with van der Waals surface area (Å²) in [6.07, 6.45) is 6.79. The molecular weight excluding hydrogens is 254 g/mol. The first kappa shape index (κ1) is 15.5. The molecule has 1 aliphatic rings. The molecule has 1 saturated heterocycles. The maximum Gasteiger partial charge on any atom is 0.0809 e. The van der Waals surface area contributed by atoms with E-state index in [-0.39, 0.29) is 0 Å². The lowest BCUT2D eigenvalue weighted by molar-refractivity contribution is 0.0166. The Kier molecular flexibility index (Phi) is 6.50. The number of hydrogen-bond acceptors (Lipinski definition) is 4. The minimum Gasteiger partial charge on any atom is -0.379 e. The van der Waals surface area contributed by atoms with E-state index in [0.717, 1.165) is 52.2 Å². The molecule has 1 N–H and O–H groups in total. The summed E-state index contributed by atoms with van der Waals surface area (Å²) < 4.78 is 13.0. The van der Waals surface area contributed by atoms with E-state index in [4.69, 9.17) is 9.47 Å². The molecule has 0 spiro atoms. The Morgan fingerprint density at radius 1 is 1.55 bits per heavy atom. The fourth-order valence-corrected chi connectivity index (χ4v) is 2.54. The smallest absolute Gasteiger partial charge is 0.0809 e. The molecule has 1 atom stereocenters. The van der Waals surface area contributed by atoms with Crippen LogP contribution in [0.2, 0.25) is 0 Å².